The fraction of sp³-hybridized carbons (Fsp3) is 0.522. The van der Waals surface area contributed by atoms with Gasteiger partial charge in [-0.2, -0.15) is 0 Å². The number of guanidine groups is 1. The Balaban J connectivity index is 1.65. The van der Waals surface area contributed by atoms with Crippen molar-refractivity contribution in [2.75, 3.05) is 47.0 Å². The fourth-order valence-corrected chi connectivity index (χ4v) is 4.57. The summed E-state index contributed by atoms with van der Waals surface area (Å²) in [5.74, 6) is 1.87. The molecule has 1 aromatic heterocycles. The first-order valence-electron chi connectivity index (χ1n) is 10.4. The van der Waals surface area contributed by atoms with Crippen LogP contribution >= 0.6 is 11.3 Å². The van der Waals surface area contributed by atoms with Crippen LogP contribution < -0.4 is 10.1 Å². The van der Waals surface area contributed by atoms with Crippen molar-refractivity contribution in [3.63, 3.8) is 0 Å². The second-order valence-electron chi connectivity index (χ2n) is 7.50. The molecular formula is C23H33N3O2S. The van der Waals surface area contributed by atoms with Gasteiger partial charge in [-0.25, -0.2) is 0 Å². The summed E-state index contributed by atoms with van der Waals surface area (Å²) in [5.41, 5.74) is 1.39. The average molecular weight is 416 g/mol. The zero-order valence-electron chi connectivity index (χ0n) is 17.8. The third kappa shape index (κ3) is 5.73. The molecule has 0 saturated carbocycles. The number of hydrogen-bond acceptors (Lipinski definition) is 4. The lowest BCUT2D eigenvalue weighted by Crippen LogP contribution is -2.48. The summed E-state index contributed by atoms with van der Waals surface area (Å²) < 4.78 is 11.3. The number of hydrogen-bond donors (Lipinski definition) is 1. The summed E-state index contributed by atoms with van der Waals surface area (Å²) in [6.07, 6.45) is 3.04. The highest BCUT2D eigenvalue weighted by Gasteiger charge is 2.34. The summed E-state index contributed by atoms with van der Waals surface area (Å²) >= 11 is 1.81. The van der Waals surface area contributed by atoms with Crippen molar-refractivity contribution in [3.8, 4) is 5.75 Å². The Hall–Kier alpha value is -2.05. The molecule has 2 heterocycles. The lowest BCUT2D eigenvalue weighted by molar-refractivity contribution is 0.0512. The Morgan fingerprint density at radius 1 is 1.24 bits per heavy atom. The van der Waals surface area contributed by atoms with E-state index in [2.05, 4.69) is 64.0 Å². The van der Waals surface area contributed by atoms with Crippen molar-refractivity contribution in [2.24, 2.45) is 4.99 Å². The molecule has 0 atom stereocenters. The molecule has 0 radical (unpaired) electrons. The number of benzene rings is 1. The van der Waals surface area contributed by atoms with Gasteiger partial charge in [-0.15, -0.1) is 11.3 Å². The first kappa shape index (κ1) is 21.7. The van der Waals surface area contributed by atoms with E-state index in [1.165, 1.54) is 10.4 Å². The average Bonchev–Trinajstić information content (AvgIpc) is 3.28. The van der Waals surface area contributed by atoms with E-state index in [4.69, 9.17) is 9.47 Å². The molecule has 1 aliphatic heterocycles. The maximum absolute atomic E-state index is 5.68. The van der Waals surface area contributed by atoms with E-state index < -0.39 is 0 Å². The van der Waals surface area contributed by atoms with Crippen LogP contribution in [0.25, 0.3) is 0 Å². The number of nitrogens with zero attached hydrogens (tertiary/aromatic N) is 2. The van der Waals surface area contributed by atoms with Crippen molar-refractivity contribution in [2.45, 2.75) is 31.6 Å². The number of thiophene rings is 1. The lowest BCUT2D eigenvalue weighted by atomic mass is 9.74. The number of ether oxygens (including phenoxy) is 2. The summed E-state index contributed by atoms with van der Waals surface area (Å²) in [6, 6.07) is 12.9. The third-order valence-corrected chi connectivity index (χ3v) is 6.60. The minimum absolute atomic E-state index is 0.0491. The first-order valence-corrected chi connectivity index (χ1v) is 11.3. The van der Waals surface area contributed by atoms with Gasteiger partial charge in [0.15, 0.2) is 5.96 Å². The number of likely N-dealkylation sites (N-methyl/N-ethyl adjacent to an activating group) is 1. The highest BCUT2D eigenvalue weighted by Crippen LogP contribution is 2.35. The van der Waals surface area contributed by atoms with E-state index in [0.717, 1.165) is 57.3 Å². The zero-order chi connectivity index (χ0) is 20.5. The van der Waals surface area contributed by atoms with Gasteiger partial charge >= 0.3 is 0 Å². The highest BCUT2D eigenvalue weighted by molar-refractivity contribution is 7.09. The molecule has 1 aromatic carbocycles. The number of aliphatic imine (C=N–C) groups is 1. The molecule has 0 amide bonds. The van der Waals surface area contributed by atoms with Gasteiger partial charge in [-0.1, -0.05) is 18.2 Å². The Kier molecular flexibility index (Phi) is 7.95. The van der Waals surface area contributed by atoms with Crippen LogP contribution in [0.5, 0.6) is 5.75 Å². The Bertz CT molecular complexity index is 753. The lowest BCUT2D eigenvalue weighted by Gasteiger charge is -2.39. The van der Waals surface area contributed by atoms with Crippen molar-refractivity contribution in [3.05, 3.63) is 52.2 Å². The van der Waals surface area contributed by atoms with Gasteiger partial charge in [-0.05, 0) is 55.3 Å². The predicted octanol–water partition coefficient (Wildman–Crippen LogP) is 3.94. The minimum atomic E-state index is 0.0491. The molecule has 5 nitrogen and oxygen atoms in total. The van der Waals surface area contributed by atoms with E-state index in [9.17, 15) is 0 Å². The molecule has 1 saturated heterocycles. The fourth-order valence-electron chi connectivity index (χ4n) is 3.87. The van der Waals surface area contributed by atoms with Crippen molar-refractivity contribution < 1.29 is 9.47 Å². The second kappa shape index (κ2) is 10.6. The van der Waals surface area contributed by atoms with Crippen molar-refractivity contribution in [1.82, 2.24) is 10.2 Å². The summed E-state index contributed by atoms with van der Waals surface area (Å²) in [7, 11) is 3.97. The quantitative estimate of drug-likeness (QED) is 0.524. The predicted molar refractivity (Wildman–Crippen MR) is 121 cm³/mol. The molecule has 1 N–H and O–H groups in total. The molecule has 1 aliphatic rings. The van der Waals surface area contributed by atoms with Gasteiger partial charge in [0.25, 0.3) is 0 Å². The molecule has 0 aliphatic carbocycles. The molecule has 2 aromatic rings. The van der Waals surface area contributed by atoms with Gasteiger partial charge < -0.3 is 19.7 Å². The van der Waals surface area contributed by atoms with Crippen LogP contribution in [0.2, 0.25) is 0 Å². The van der Waals surface area contributed by atoms with Crippen LogP contribution in [0.1, 0.15) is 30.2 Å². The minimum Gasteiger partial charge on any atom is -0.494 e. The van der Waals surface area contributed by atoms with Gasteiger partial charge in [0.1, 0.15) is 5.75 Å². The van der Waals surface area contributed by atoms with E-state index in [1.807, 2.05) is 25.3 Å². The Labute approximate surface area is 178 Å². The van der Waals surface area contributed by atoms with Crippen LogP contribution in [-0.4, -0.2) is 57.9 Å². The maximum atomic E-state index is 5.68. The van der Waals surface area contributed by atoms with Crippen LogP contribution in [-0.2, 0) is 16.6 Å². The molecule has 158 valence electrons. The summed E-state index contributed by atoms with van der Waals surface area (Å²) in [6.45, 7) is 6.08. The van der Waals surface area contributed by atoms with E-state index in [-0.39, 0.29) is 5.41 Å². The molecule has 0 bridgehead atoms. The van der Waals surface area contributed by atoms with Crippen LogP contribution in [0.15, 0.2) is 46.8 Å². The highest BCUT2D eigenvalue weighted by atomic mass is 32.1. The zero-order valence-corrected chi connectivity index (χ0v) is 18.6. The number of nitrogens with one attached hydrogen (secondary N) is 1. The molecule has 6 heteroatoms. The Morgan fingerprint density at radius 2 is 2.00 bits per heavy atom. The normalized spacial score (nSPS) is 16.4. The van der Waals surface area contributed by atoms with Crippen molar-refractivity contribution >= 4 is 17.3 Å². The largest absolute Gasteiger partial charge is 0.494 e. The van der Waals surface area contributed by atoms with Gasteiger partial charge in [0.2, 0.25) is 0 Å². The standard InChI is InChI=1S/C23H33N3O2S/c1-4-28-20-9-7-19(8-10-20)23(12-15-27-16-13-23)18-25-22(24-2)26(3)14-11-21-6-5-17-29-21/h5-10,17H,4,11-16,18H2,1-3H3,(H,24,25). The molecule has 0 unspecified atom stereocenters. The Morgan fingerprint density at radius 3 is 2.62 bits per heavy atom. The van der Waals surface area contributed by atoms with E-state index >= 15 is 0 Å². The maximum Gasteiger partial charge on any atom is 0.193 e. The molecule has 0 spiro atoms. The SMILES string of the molecule is CCOc1ccc(C2(CNC(=NC)N(C)CCc3cccs3)CCOCC2)cc1. The van der Waals surface area contributed by atoms with E-state index in [0.29, 0.717) is 6.61 Å². The monoisotopic (exact) mass is 415 g/mol. The summed E-state index contributed by atoms with van der Waals surface area (Å²) in [4.78, 5) is 8.14. The molecule has 1 fully saturated rings. The van der Waals surface area contributed by atoms with E-state index in [1.54, 1.807) is 0 Å². The molecule has 29 heavy (non-hydrogen) atoms. The molecule has 3 rings (SSSR count). The van der Waals surface area contributed by atoms with Crippen LogP contribution in [0.4, 0.5) is 0 Å². The van der Waals surface area contributed by atoms with Gasteiger partial charge in [0, 0.05) is 50.7 Å². The smallest absolute Gasteiger partial charge is 0.193 e. The topological polar surface area (TPSA) is 46.1 Å². The van der Waals surface area contributed by atoms with Crippen LogP contribution in [0.3, 0.4) is 0 Å². The van der Waals surface area contributed by atoms with Crippen molar-refractivity contribution in [1.29, 1.82) is 0 Å². The second-order valence-corrected chi connectivity index (χ2v) is 8.53. The first-order chi connectivity index (χ1) is 14.2. The van der Waals surface area contributed by atoms with Crippen LogP contribution in [0, 0.1) is 0 Å². The molecular weight excluding hydrogens is 382 g/mol. The number of rotatable bonds is 8. The van der Waals surface area contributed by atoms with Gasteiger partial charge in [0.05, 0.1) is 6.61 Å². The van der Waals surface area contributed by atoms with Gasteiger partial charge in [-0.3, -0.25) is 4.99 Å². The summed E-state index contributed by atoms with van der Waals surface area (Å²) in [5, 5.41) is 5.77. The third-order valence-electron chi connectivity index (χ3n) is 5.66.